The van der Waals surface area contributed by atoms with Gasteiger partial charge < -0.3 is 4.90 Å². The van der Waals surface area contributed by atoms with Gasteiger partial charge in [-0.2, -0.15) is 13.2 Å². The lowest BCUT2D eigenvalue weighted by molar-refractivity contribution is -0.137. The second kappa shape index (κ2) is 6.93. The summed E-state index contributed by atoms with van der Waals surface area (Å²) in [6.07, 6.45) is -3.41. The number of halogens is 3. The highest BCUT2D eigenvalue weighted by molar-refractivity contribution is 7.90. The summed E-state index contributed by atoms with van der Waals surface area (Å²) in [5.41, 5.74) is -0.131. The Labute approximate surface area is 159 Å². The first-order valence-electron chi connectivity index (χ1n) is 8.05. The summed E-state index contributed by atoms with van der Waals surface area (Å²) < 4.78 is 60.9. The van der Waals surface area contributed by atoms with E-state index in [0.717, 1.165) is 23.3 Å². The zero-order valence-electron chi connectivity index (χ0n) is 14.6. The highest BCUT2D eigenvalue weighted by atomic mass is 32.2. The van der Waals surface area contributed by atoms with Gasteiger partial charge in [0.1, 0.15) is 6.54 Å². The molecule has 0 spiro atoms. The van der Waals surface area contributed by atoms with E-state index in [4.69, 9.17) is 0 Å². The van der Waals surface area contributed by atoms with E-state index >= 15 is 0 Å². The van der Waals surface area contributed by atoms with Gasteiger partial charge in [0.2, 0.25) is 0 Å². The number of benzene rings is 2. The lowest BCUT2D eigenvalue weighted by atomic mass is 10.1. The molecule has 0 aromatic heterocycles. The lowest BCUT2D eigenvalue weighted by Gasteiger charge is -2.17. The average Bonchev–Trinajstić information content (AvgIpc) is 2.87. The van der Waals surface area contributed by atoms with Crippen molar-refractivity contribution in [3.05, 3.63) is 59.7 Å². The van der Waals surface area contributed by atoms with Crippen LogP contribution in [0.5, 0.6) is 0 Å². The zero-order chi connectivity index (χ0) is 20.7. The highest BCUT2D eigenvalue weighted by Gasteiger charge is 2.37. The summed E-state index contributed by atoms with van der Waals surface area (Å²) in [7, 11) is -3.41. The molecule has 28 heavy (non-hydrogen) atoms. The van der Waals surface area contributed by atoms with Crippen LogP contribution in [0.15, 0.2) is 53.4 Å². The summed E-state index contributed by atoms with van der Waals surface area (Å²) in [6.45, 7) is -0.256. The number of alkyl halides is 3. The number of hydrogen-bond acceptors (Lipinski definition) is 4. The number of carbonyl (C=O) groups excluding carboxylic acids is 2. The van der Waals surface area contributed by atoms with Crippen LogP contribution in [-0.2, 0) is 27.4 Å². The fourth-order valence-electron chi connectivity index (χ4n) is 2.79. The molecule has 0 saturated carbocycles. The number of rotatable bonds is 4. The third-order valence-corrected chi connectivity index (χ3v) is 5.34. The number of amides is 3. The molecule has 1 fully saturated rings. The maximum absolute atomic E-state index is 12.6. The number of urea groups is 1. The summed E-state index contributed by atoms with van der Waals surface area (Å²) in [4.78, 5) is 27.0. The summed E-state index contributed by atoms with van der Waals surface area (Å²) in [5, 5.41) is 0. The first kappa shape index (κ1) is 19.9. The third-order valence-electron chi connectivity index (χ3n) is 4.22. The molecule has 10 heteroatoms. The number of carbonyl (C=O) groups is 2. The van der Waals surface area contributed by atoms with E-state index < -0.39 is 33.5 Å². The third kappa shape index (κ3) is 4.01. The van der Waals surface area contributed by atoms with Gasteiger partial charge in [-0.25, -0.2) is 18.1 Å². The molecule has 1 aliphatic rings. The Bertz CT molecular complexity index is 1020. The Morgan fingerprint density at radius 1 is 0.964 bits per heavy atom. The smallest absolute Gasteiger partial charge is 0.310 e. The van der Waals surface area contributed by atoms with Gasteiger partial charge >= 0.3 is 12.2 Å². The Morgan fingerprint density at radius 2 is 1.54 bits per heavy atom. The van der Waals surface area contributed by atoms with Crippen LogP contribution < -0.4 is 4.90 Å². The zero-order valence-corrected chi connectivity index (χ0v) is 15.4. The molecule has 6 nitrogen and oxygen atoms in total. The first-order chi connectivity index (χ1) is 13.0. The van der Waals surface area contributed by atoms with E-state index in [9.17, 15) is 31.2 Å². The predicted octanol–water partition coefficient (Wildman–Crippen LogP) is 3.08. The fourth-order valence-corrected chi connectivity index (χ4v) is 3.42. The molecule has 0 radical (unpaired) electrons. The largest absolute Gasteiger partial charge is 0.416 e. The molecular formula is C18H15F3N2O4S. The van der Waals surface area contributed by atoms with Gasteiger partial charge in [-0.3, -0.25) is 4.79 Å². The van der Waals surface area contributed by atoms with Gasteiger partial charge in [0.15, 0.2) is 9.84 Å². The molecule has 148 valence electrons. The quantitative estimate of drug-likeness (QED) is 0.724. The second-order valence-corrected chi connectivity index (χ2v) is 8.34. The molecule has 0 N–H and O–H groups in total. The maximum atomic E-state index is 12.6. The first-order valence-corrected chi connectivity index (χ1v) is 9.94. The molecule has 1 aliphatic heterocycles. The molecule has 1 saturated heterocycles. The van der Waals surface area contributed by atoms with E-state index in [0.29, 0.717) is 5.56 Å². The molecule has 0 aliphatic carbocycles. The molecule has 3 amide bonds. The van der Waals surface area contributed by atoms with E-state index in [2.05, 4.69) is 0 Å². The highest BCUT2D eigenvalue weighted by Crippen LogP contribution is 2.30. The van der Waals surface area contributed by atoms with Crippen LogP contribution in [0, 0.1) is 0 Å². The van der Waals surface area contributed by atoms with Gasteiger partial charge in [-0.15, -0.1) is 0 Å². The van der Waals surface area contributed by atoms with Gasteiger partial charge in [0, 0.05) is 12.8 Å². The van der Waals surface area contributed by atoms with Crippen LogP contribution >= 0.6 is 0 Å². The molecule has 2 aromatic carbocycles. The molecular weight excluding hydrogens is 397 g/mol. The molecule has 1 heterocycles. The Hall–Kier alpha value is -2.88. The van der Waals surface area contributed by atoms with Crippen molar-refractivity contribution in [3.63, 3.8) is 0 Å². The van der Waals surface area contributed by atoms with Crippen LogP contribution in [0.25, 0.3) is 0 Å². The van der Waals surface area contributed by atoms with Crippen molar-refractivity contribution in [1.29, 1.82) is 0 Å². The van der Waals surface area contributed by atoms with E-state index in [1.165, 1.54) is 41.3 Å². The lowest BCUT2D eigenvalue weighted by Crippen LogP contribution is -2.32. The second-order valence-electron chi connectivity index (χ2n) is 6.33. The van der Waals surface area contributed by atoms with Gasteiger partial charge in [0.05, 0.1) is 16.1 Å². The molecule has 3 rings (SSSR count). The number of sulfone groups is 1. The van der Waals surface area contributed by atoms with Gasteiger partial charge in [0.25, 0.3) is 5.91 Å². The van der Waals surface area contributed by atoms with Crippen LogP contribution in [0.3, 0.4) is 0 Å². The predicted molar refractivity (Wildman–Crippen MR) is 94.3 cm³/mol. The van der Waals surface area contributed by atoms with E-state index in [-0.39, 0.29) is 23.7 Å². The summed E-state index contributed by atoms with van der Waals surface area (Å²) >= 11 is 0. The van der Waals surface area contributed by atoms with Crippen LogP contribution in [0.4, 0.5) is 23.7 Å². The minimum Gasteiger partial charge on any atom is -0.310 e. The van der Waals surface area contributed by atoms with Crippen LogP contribution in [0.1, 0.15) is 11.1 Å². The molecule has 0 atom stereocenters. The van der Waals surface area contributed by atoms with Gasteiger partial charge in [-0.05, 0) is 42.0 Å². The van der Waals surface area contributed by atoms with Crippen LogP contribution in [-0.4, -0.2) is 38.1 Å². The van der Waals surface area contributed by atoms with Crippen molar-refractivity contribution in [2.75, 3.05) is 17.7 Å². The monoisotopic (exact) mass is 412 g/mol. The molecule has 0 bridgehead atoms. The van der Waals surface area contributed by atoms with Crippen molar-refractivity contribution in [2.24, 2.45) is 0 Å². The van der Waals surface area contributed by atoms with E-state index in [1.54, 1.807) is 0 Å². The van der Waals surface area contributed by atoms with Gasteiger partial charge in [-0.1, -0.05) is 12.1 Å². The minimum absolute atomic E-state index is 0.0271. The van der Waals surface area contributed by atoms with Crippen LogP contribution in [0.2, 0.25) is 0 Å². The topological polar surface area (TPSA) is 74.8 Å². The fraction of sp³-hybridized carbons (Fsp3) is 0.222. The number of anilines is 1. The maximum Gasteiger partial charge on any atom is 0.416 e. The standard InChI is InChI=1S/C18H15F3N2O4S/c1-28(26,27)15-8-6-14(7-9-15)23-16(24)11-22(17(23)25)10-12-2-4-13(5-3-12)18(19,20)21/h2-9H,10-11H2,1H3. The minimum atomic E-state index is -4.45. The Kier molecular flexibility index (Phi) is 4.92. The van der Waals surface area contributed by atoms with Crippen molar-refractivity contribution < 1.29 is 31.2 Å². The van der Waals surface area contributed by atoms with Crippen molar-refractivity contribution in [1.82, 2.24) is 4.90 Å². The van der Waals surface area contributed by atoms with Crippen molar-refractivity contribution in [3.8, 4) is 0 Å². The number of imide groups is 1. The Morgan fingerprint density at radius 3 is 2.04 bits per heavy atom. The summed E-state index contributed by atoms with van der Waals surface area (Å²) in [5.74, 6) is -0.510. The molecule has 0 unspecified atom stereocenters. The normalized spacial score (nSPS) is 15.4. The summed E-state index contributed by atoms with van der Waals surface area (Å²) in [6, 6.07) is 9.01. The SMILES string of the molecule is CS(=O)(=O)c1ccc(N2C(=O)CN(Cc3ccc(C(F)(F)F)cc3)C2=O)cc1. The average molecular weight is 412 g/mol. The van der Waals surface area contributed by atoms with Crippen molar-refractivity contribution >= 4 is 27.5 Å². The number of nitrogens with zero attached hydrogens (tertiary/aromatic N) is 2. The number of hydrogen-bond donors (Lipinski definition) is 0. The van der Waals surface area contributed by atoms with E-state index in [1.807, 2.05) is 0 Å². The molecule has 2 aromatic rings. The van der Waals surface area contributed by atoms with Crippen molar-refractivity contribution in [2.45, 2.75) is 17.6 Å². The Balaban J connectivity index is 1.76.